The van der Waals surface area contributed by atoms with E-state index in [1.54, 1.807) is 12.1 Å². The Hall–Kier alpha value is -3.64. The molecule has 8 N–H and O–H groups in total. The average molecular weight is 412 g/mol. The van der Waals surface area contributed by atoms with E-state index < -0.39 is 4.92 Å². The zero-order valence-electron chi connectivity index (χ0n) is 16.3. The molecule has 30 heavy (non-hydrogen) atoms. The van der Waals surface area contributed by atoms with Gasteiger partial charge in [0.1, 0.15) is 5.69 Å². The van der Waals surface area contributed by atoms with Gasteiger partial charge in [0.05, 0.1) is 4.92 Å². The predicted octanol–water partition coefficient (Wildman–Crippen LogP) is 0.900. The van der Waals surface area contributed by atoms with Crippen LogP contribution in [-0.2, 0) is 0 Å². The number of nitrogen functional groups attached to an aromatic ring is 2. The number of benzene rings is 1. The third-order valence-corrected chi connectivity index (χ3v) is 4.31. The highest BCUT2D eigenvalue weighted by atomic mass is 16.6. The molecule has 1 aromatic carbocycles. The molecule has 0 amide bonds. The molecule has 0 fully saturated rings. The van der Waals surface area contributed by atoms with E-state index in [0.29, 0.717) is 35.7 Å². The maximum atomic E-state index is 10.9. The van der Waals surface area contributed by atoms with Gasteiger partial charge in [0.15, 0.2) is 22.8 Å². The van der Waals surface area contributed by atoms with E-state index >= 15 is 0 Å². The average Bonchev–Trinajstić information content (AvgIpc) is 2.72. The van der Waals surface area contributed by atoms with E-state index in [-0.39, 0.29) is 23.1 Å². The van der Waals surface area contributed by atoms with Crippen molar-refractivity contribution in [1.29, 1.82) is 0 Å². The number of hydrogen-bond acceptors (Lipinski definition) is 11. The first-order valence-electron chi connectivity index (χ1n) is 9.50. The van der Waals surface area contributed by atoms with Crippen LogP contribution in [0.2, 0.25) is 0 Å². The SMILES string of the molecule is NCCCNCCCNc1nc2nc(N)nc(N)c2nc1-c1ccc([N+](=O)[O-])cc1. The van der Waals surface area contributed by atoms with Crippen molar-refractivity contribution < 1.29 is 4.92 Å². The molecule has 0 atom stereocenters. The highest BCUT2D eigenvalue weighted by Gasteiger charge is 2.16. The van der Waals surface area contributed by atoms with Crippen molar-refractivity contribution in [3.8, 4) is 11.3 Å². The smallest absolute Gasteiger partial charge is 0.269 e. The van der Waals surface area contributed by atoms with E-state index in [4.69, 9.17) is 17.2 Å². The van der Waals surface area contributed by atoms with Gasteiger partial charge in [-0.25, -0.2) is 9.97 Å². The number of nitrogens with one attached hydrogen (secondary N) is 2. The van der Waals surface area contributed by atoms with Crippen LogP contribution in [0.4, 0.5) is 23.3 Å². The summed E-state index contributed by atoms with van der Waals surface area (Å²) in [5.41, 5.74) is 18.8. The van der Waals surface area contributed by atoms with Gasteiger partial charge in [-0.15, -0.1) is 0 Å². The molecular weight excluding hydrogens is 388 g/mol. The van der Waals surface area contributed by atoms with Gasteiger partial charge in [0.2, 0.25) is 5.95 Å². The van der Waals surface area contributed by atoms with Crippen molar-refractivity contribution in [2.45, 2.75) is 12.8 Å². The lowest BCUT2D eigenvalue weighted by atomic mass is 10.1. The predicted molar refractivity (Wildman–Crippen MR) is 116 cm³/mol. The molecule has 0 saturated heterocycles. The summed E-state index contributed by atoms with van der Waals surface area (Å²) in [6.07, 6.45) is 1.77. The third kappa shape index (κ3) is 5.04. The van der Waals surface area contributed by atoms with E-state index in [2.05, 4.69) is 30.6 Å². The number of non-ortho nitro benzene ring substituents is 1. The van der Waals surface area contributed by atoms with Gasteiger partial charge in [-0.1, -0.05) is 0 Å². The van der Waals surface area contributed by atoms with Crippen LogP contribution in [0.3, 0.4) is 0 Å². The second-order valence-electron chi connectivity index (χ2n) is 6.54. The molecule has 0 bridgehead atoms. The number of nitro benzene ring substituents is 1. The first kappa shape index (κ1) is 21.1. The lowest BCUT2D eigenvalue weighted by molar-refractivity contribution is -0.384. The van der Waals surface area contributed by atoms with E-state index in [1.165, 1.54) is 12.1 Å². The highest BCUT2D eigenvalue weighted by Crippen LogP contribution is 2.29. The maximum Gasteiger partial charge on any atom is 0.269 e. The summed E-state index contributed by atoms with van der Waals surface area (Å²) >= 11 is 0. The fourth-order valence-electron chi connectivity index (χ4n) is 2.82. The fraction of sp³-hybridized carbons (Fsp3) is 0.333. The number of rotatable bonds is 10. The van der Waals surface area contributed by atoms with Gasteiger partial charge in [-0.05, 0) is 44.6 Å². The van der Waals surface area contributed by atoms with Crippen LogP contribution in [-0.4, -0.2) is 51.0 Å². The van der Waals surface area contributed by atoms with Crippen molar-refractivity contribution in [1.82, 2.24) is 25.3 Å². The molecule has 0 aliphatic heterocycles. The second-order valence-corrected chi connectivity index (χ2v) is 6.54. The Morgan fingerprint density at radius 2 is 1.70 bits per heavy atom. The summed E-state index contributed by atoms with van der Waals surface area (Å²) in [6, 6.07) is 6.05. The van der Waals surface area contributed by atoms with Crippen LogP contribution in [0.25, 0.3) is 22.4 Å². The molecule has 0 radical (unpaired) electrons. The monoisotopic (exact) mass is 412 g/mol. The van der Waals surface area contributed by atoms with Crippen LogP contribution in [0.15, 0.2) is 24.3 Å². The molecule has 0 spiro atoms. The summed E-state index contributed by atoms with van der Waals surface area (Å²) in [4.78, 5) is 27.6. The number of nitrogens with zero attached hydrogens (tertiary/aromatic N) is 5. The molecular formula is C18H24N10O2. The van der Waals surface area contributed by atoms with Crippen LogP contribution in [0.5, 0.6) is 0 Å². The number of aromatic nitrogens is 4. The van der Waals surface area contributed by atoms with Crippen LogP contribution in [0.1, 0.15) is 12.8 Å². The quantitative estimate of drug-likeness (QED) is 0.180. The summed E-state index contributed by atoms with van der Waals surface area (Å²) in [5.74, 6) is 0.604. The van der Waals surface area contributed by atoms with Crippen molar-refractivity contribution >= 4 is 34.4 Å². The molecule has 2 heterocycles. The largest absolute Gasteiger partial charge is 0.382 e. The molecule has 0 aliphatic rings. The minimum Gasteiger partial charge on any atom is -0.382 e. The maximum absolute atomic E-state index is 10.9. The number of anilines is 3. The fourth-order valence-corrected chi connectivity index (χ4v) is 2.82. The van der Waals surface area contributed by atoms with Gasteiger partial charge in [0, 0.05) is 24.2 Å². The third-order valence-electron chi connectivity index (χ3n) is 4.31. The Bertz CT molecular complexity index is 1030. The number of fused-ring (bicyclic) bond motifs is 1. The number of nitro groups is 1. The lowest BCUT2D eigenvalue weighted by Crippen LogP contribution is -2.21. The summed E-state index contributed by atoms with van der Waals surface area (Å²) in [7, 11) is 0. The first-order valence-corrected chi connectivity index (χ1v) is 9.50. The Kier molecular flexibility index (Phi) is 6.83. The van der Waals surface area contributed by atoms with Gasteiger partial charge in [0.25, 0.3) is 5.69 Å². The van der Waals surface area contributed by atoms with Crippen LogP contribution < -0.4 is 27.8 Å². The molecule has 3 rings (SSSR count). The normalized spacial score (nSPS) is 11.0. The number of hydrogen-bond donors (Lipinski definition) is 5. The zero-order chi connectivity index (χ0) is 21.5. The summed E-state index contributed by atoms with van der Waals surface area (Å²) in [5, 5.41) is 17.5. The Morgan fingerprint density at radius 3 is 2.40 bits per heavy atom. The van der Waals surface area contributed by atoms with Crippen LogP contribution >= 0.6 is 0 Å². The Morgan fingerprint density at radius 1 is 0.967 bits per heavy atom. The van der Waals surface area contributed by atoms with Crippen molar-refractivity contribution in [3.05, 3.63) is 34.4 Å². The standard InChI is InChI=1S/C18H24N10O2/c19-7-1-8-22-9-2-10-23-16-13(11-3-5-12(6-4-11)28(29)30)24-14-15(20)25-18(21)27-17(14)26-16/h3-6,22H,1-2,7-10,19H2,(H5,20,21,23,25,26,27). The summed E-state index contributed by atoms with van der Waals surface area (Å²) < 4.78 is 0. The molecule has 158 valence electrons. The van der Waals surface area contributed by atoms with Crippen LogP contribution in [0, 0.1) is 10.1 Å². The molecule has 2 aromatic heterocycles. The van der Waals surface area contributed by atoms with Gasteiger partial charge >= 0.3 is 0 Å². The van der Waals surface area contributed by atoms with E-state index in [0.717, 1.165) is 25.9 Å². The van der Waals surface area contributed by atoms with Gasteiger partial charge < -0.3 is 27.8 Å². The van der Waals surface area contributed by atoms with Gasteiger partial charge in [-0.3, -0.25) is 10.1 Å². The minimum atomic E-state index is -0.457. The van der Waals surface area contributed by atoms with Crippen molar-refractivity contribution in [2.24, 2.45) is 5.73 Å². The molecule has 0 saturated carbocycles. The zero-order valence-corrected chi connectivity index (χ0v) is 16.3. The van der Waals surface area contributed by atoms with Crippen molar-refractivity contribution in [3.63, 3.8) is 0 Å². The molecule has 3 aromatic rings. The molecule has 0 aliphatic carbocycles. The highest BCUT2D eigenvalue weighted by molar-refractivity contribution is 5.87. The lowest BCUT2D eigenvalue weighted by Gasteiger charge is -2.13. The minimum absolute atomic E-state index is 0.00689. The molecule has 0 unspecified atom stereocenters. The van der Waals surface area contributed by atoms with E-state index in [1.807, 2.05) is 0 Å². The Balaban J connectivity index is 1.88. The second kappa shape index (κ2) is 9.71. The molecule has 12 heteroatoms. The molecule has 12 nitrogen and oxygen atoms in total. The first-order chi connectivity index (χ1) is 14.5. The van der Waals surface area contributed by atoms with Gasteiger partial charge in [-0.2, -0.15) is 9.97 Å². The topological polar surface area (TPSA) is 197 Å². The number of nitrogens with two attached hydrogens (primary N) is 3. The Labute approximate surface area is 172 Å². The summed E-state index contributed by atoms with van der Waals surface area (Å²) in [6.45, 7) is 2.98. The van der Waals surface area contributed by atoms with E-state index in [9.17, 15) is 10.1 Å². The van der Waals surface area contributed by atoms with Crippen molar-refractivity contribution in [2.75, 3.05) is 43.0 Å².